The molecule has 4 heterocycles. The molecule has 1 fully saturated rings. The zero-order chi connectivity index (χ0) is 30.7. The number of ether oxygens (including phenoxy) is 2. The summed E-state index contributed by atoms with van der Waals surface area (Å²) in [5.74, 6) is 0.477. The topological polar surface area (TPSA) is 85.6 Å². The lowest BCUT2D eigenvalue weighted by Gasteiger charge is -2.40. The van der Waals surface area contributed by atoms with Crippen LogP contribution in [0.3, 0.4) is 0 Å². The Morgan fingerprint density at radius 1 is 1.00 bits per heavy atom. The first kappa shape index (κ1) is 30.6. The summed E-state index contributed by atoms with van der Waals surface area (Å²) in [5.41, 5.74) is 1.54. The van der Waals surface area contributed by atoms with E-state index >= 15 is 0 Å². The third-order valence-electron chi connectivity index (χ3n) is 6.40. The molecule has 0 spiro atoms. The molecule has 1 aromatic carbocycles. The number of aromatic nitrogens is 4. The van der Waals surface area contributed by atoms with Crippen molar-refractivity contribution >= 4 is 22.9 Å². The van der Waals surface area contributed by atoms with Gasteiger partial charge in [0.05, 0.1) is 5.39 Å². The van der Waals surface area contributed by atoms with Crippen LogP contribution in [0.25, 0.3) is 28.0 Å². The van der Waals surface area contributed by atoms with E-state index in [1.165, 1.54) is 18.6 Å². The number of hydrogen-bond acceptors (Lipinski definition) is 7. The Balaban J connectivity index is 0.00000198. The Morgan fingerprint density at radius 3 is 2.36 bits per heavy atom. The van der Waals surface area contributed by atoms with E-state index in [-0.39, 0.29) is 23.7 Å². The van der Waals surface area contributed by atoms with E-state index in [9.17, 15) is 18.0 Å². The second-order valence-electron chi connectivity index (χ2n) is 10.5. The minimum Gasteiger partial charge on any atom is -0.444 e. The van der Waals surface area contributed by atoms with Crippen LogP contribution in [-0.4, -0.2) is 68.2 Å². The Morgan fingerprint density at radius 2 is 1.71 bits per heavy atom. The van der Waals surface area contributed by atoms with E-state index in [1.54, 1.807) is 15.7 Å². The number of carbonyl (C=O) groups is 1. The minimum atomic E-state index is -4.83. The molecular weight excluding hydrogens is 549 g/mol. The fourth-order valence-corrected chi connectivity index (χ4v) is 4.77. The number of fused-ring (bicyclic) bond motifs is 1. The van der Waals surface area contributed by atoms with Gasteiger partial charge >= 0.3 is 12.5 Å². The molecule has 224 valence electrons. The fourth-order valence-electron chi connectivity index (χ4n) is 4.77. The third kappa shape index (κ3) is 6.92. The van der Waals surface area contributed by atoms with Gasteiger partial charge in [-0.05, 0) is 39.3 Å². The highest BCUT2D eigenvalue weighted by Gasteiger charge is 2.33. The van der Waals surface area contributed by atoms with Gasteiger partial charge in [-0.3, -0.25) is 4.57 Å². The predicted molar refractivity (Wildman–Crippen MR) is 155 cm³/mol. The van der Waals surface area contributed by atoms with Crippen molar-refractivity contribution in [1.29, 1.82) is 0 Å². The second kappa shape index (κ2) is 12.3. The molecule has 1 amide bonds. The highest BCUT2D eigenvalue weighted by Crippen LogP contribution is 2.37. The number of halogens is 3. The summed E-state index contributed by atoms with van der Waals surface area (Å²) in [6, 6.07) is 11.8. The summed E-state index contributed by atoms with van der Waals surface area (Å²) in [5, 5.41) is 0.718. The van der Waals surface area contributed by atoms with E-state index in [4.69, 9.17) is 4.74 Å². The van der Waals surface area contributed by atoms with Crippen molar-refractivity contribution in [3.63, 3.8) is 0 Å². The molecule has 1 atom stereocenters. The first-order valence-corrected chi connectivity index (χ1v) is 13.8. The van der Waals surface area contributed by atoms with E-state index < -0.39 is 12.0 Å². The van der Waals surface area contributed by atoms with Crippen LogP contribution in [0.1, 0.15) is 41.5 Å². The Hall–Kier alpha value is -4.35. The molecule has 1 aliphatic heterocycles. The summed E-state index contributed by atoms with van der Waals surface area (Å²) in [7, 11) is 0. The summed E-state index contributed by atoms with van der Waals surface area (Å²) in [6.45, 7) is 12.9. The molecule has 5 rings (SSSR count). The number of pyridine rings is 1. The van der Waals surface area contributed by atoms with Crippen molar-refractivity contribution in [2.75, 3.05) is 24.5 Å². The van der Waals surface area contributed by atoms with Crippen LogP contribution in [0.5, 0.6) is 5.75 Å². The predicted octanol–water partition coefficient (Wildman–Crippen LogP) is 6.85. The minimum absolute atomic E-state index is 0.159. The molecule has 12 heteroatoms. The molecule has 0 N–H and O–H groups in total. The molecule has 0 radical (unpaired) electrons. The van der Waals surface area contributed by atoms with Gasteiger partial charge in [-0.1, -0.05) is 44.2 Å². The molecule has 0 saturated carbocycles. The molecule has 9 nitrogen and oxygen atoms in total. The number of hydrogen-bond donors (Lipinski definition) is 0. The Kier molecular flexibility index (Phi) is 8.93. The number of alkyl halides is 3. The molecule has 1 saturated heterocycles. The summed E-state index contributed by atoms with van der Waals surface area (Å²) < 4.78 is 50.0. The van der Waals surface area contributed by atoms with Crippen LogP contribution < -0.4 is 9.64 Å². The van der Waals surface area contributed by atoms with Gasteiger partial charge in [-0.15, -0.1) is 13.2 Å². The maximum Gasteiger partial charge on any atom is 0.573 e. The molecule has 42 heavy (non-hydrogen) atoms. The zero-order valence-corrected chi connectivity index (χ0v) is 24.5. The van der Waals surface area contributed by atoms with Gasteiger partial charge in [-0.25, -0.2) is 19.7 Å². The van der Waals surface area contributed by atoms with E-state index in [0.29, 0.717) is 31.1 Å². The first-order valence-electron chi connectivity index (χ1n) is 13.8. The molecule has 3 aromatic heterocycles. The fraction of sp³-hybridized carbons (Fsp3) is 0.400. The van der Waals surface area contributed by atoms with Gasteiger partial charge < -0.3 is 19.3 Å². The molecule has 0 bridgehead atoms. The monoisotopic (exact) mass is 584 g/mol. The lowest BCUT2D eigenvalue weighted by Crippen LogP contribution is -2.55. The average molecular weight is 585 g/mol. The number of piperazine rings is 1. The van der Waals surface area contributed by atoms with Crippen LogP contribution in [-0.2, 0) is 4.74 Å². The number of anilines is 1. The number of rotatable bonds is 4. The van der Waals surface area contributed by atoms with Gasteiger partial charge in [-0.2, -0.15) is 0 Å². The molecule has 4 aromatic rings. The largest absolute Gasteiger partial charge is 0.573 e. The molecule has 0 aliphatic carbocycles. The molecule has 1 aliphatic rings. The van der Waals surface area contributed by atoms with Crippen molar-refractivity contribution < 1.29 is 27.4 Å². The average Bonchev–Trinajstić information content (AvgIpc) is 3.33. The van der Waals surface area contributed by atoms with Crippen LogP contribution in [0.2, 0.25) is 0 Å². The van der Waals surface area contributed by atoms with Gasteiger partial charge in [0.15, 0.2) is 5.65 Å². The van der Waals surface area contributed by atoms with Crippen molar-refractivity contribution in [2.24, 2.45) is 0 Å². The van der Waals surface area contributed by atoms with Gasteiger partial charge in [0.1, 0.15) is 29.3 Å². The molecular formula is C30H35F3N6O3. The zero-order valence-electron chi connectivity index (χ0n) is 24.5. The summed E-state index contributed by atoms with van der Waals surface area (Å²) in [6.07, 6.45) is -0.734. The second-order valence-corrected chi connectivity index (χ2v) is 10.5. The maximum absolute atomic E-state index is 12.9. The van der Waals surface area contributed by atoms with Gasteiger partial charge in [0, 0.05) is 49.7 Å². The lowest BCUT2D eigenvalue weighted by atomic mass is 10.1. The number of carbonyl (C=O) groups excluding carboxylic acids is 1. The smallest absolute Gasteiger partial charge is 0.444 e. The maximum atomic E-state index is 12.9. The van der Waals surface area contributed by atoms with Crippen LogP contribution in [0.15, 0.2) is 61.2 Å². The summed E-state index contributed by atoms with van der Waals surface area (Å²) in [4.78, 5) is 30.0. The van der Waals surface area contributed by atoms with E-state index in [0.717, 1.165) is 22.6 Å². The van der Waals surface area contributed by atoms with Crippen molar-refractivity contribution in [2.45, 2.75) is 59.5 Å². The SMILES string of the molecule is CC.CC1CN(c2ncnc3c2c(-c2ccccc2)cn3-c2cc(OC(F)(F)F)ccn2)CCN1C(=O)OC(C)(C)C. The van der Waals surface area contributed by atoms with Crippen molar-refractivity contribution in [1.82, 2.24) is 24.4 Å². The van der Waals surface area contributed by atoms with Crippen LogP contribution in [0, 0.1) is 0 Å². The van der Waals surface area contributed by atoms with Crippen molar-refractivity contribution in [3.05, 3.63) is 61.2 Å². The number of benzene rings is 1. The Bertz CT molecular complexity index is 1520. The quantitative estimate of drug-likeness (QED) is 0.259. The van der Waals surface area contributed by atoms with Crippen LogP contribution in [0.4, 0.5) is 23.8 Å². The van der Waals surface area contributed by atoms with Crippen molar-refractivity contribution in [3.8, 4) is 22.7 Å². The van der Waals surface area contributed by atoms with Gasteiger partial charge in [0.25, 0.3) is 0 Å². The normalized spacial score (nSPS) is 15.7. The first-order chi connectivity index (χ1) is 19.9. The Labute approximate surface area is 242 Å². The highest BCUT2D eigenvalue weighted by molar-refractivity contribution is 6.02. The lowest BCUT2D eigenvalue weighted by molar-refractivity contribution is -0.274. The highest BCUT2D eigenvalue weighted by atomic mass is 19.4. The molecule has 1 unspecified atom stereocenters. The third-order valence-corrected chi connectivity index (χ3v) is 6.40. The standard InChI is InChI=1S/C28H29F3N6O3.C2H6/c1-18-15-35(12-13-36(18)26(38)40-27(2,3)4)24-23-21(19-8-6-5-7-9-19)16-37(25(23)34-17-33-24)22-14-20(10-11-32-22)39-28(29,30)31;1-2/h5-11,14,16-18H,12-13,15H2,1-4H3;1-2H3. The van der Waals surface area contributed by atoms with Crippen LogP contribution >= 0.6 is 0 Å². The number of nitrogens with zero attached hydrogens (tertiary/aromatic N) is 6. The van der Waals surface area contributed by atoms with E-state index in [2.05, 4.69) is 24.6 Å². The van der Waals surface area contributed by atoms with Gasteiger partial charge in [0.2, 0.25) is 0 Å². The number of amides is 1. The van der Waals surface area contributed by atoms with E-state index in [1.807, 2.05) is 71.9 Å². The summed E-state index contributed by atoms with van der Waals surface area (Å²) >= 11 is 0.